The molecular formula is C13H18N4. The molecule has 0 bridgehead atoms. The highest BCUT2D eigenvalue weighted by molar-refractivity contribution is 5.30. The van der Waals surface area contributed by atoms with Crippen molar-refractivity contribution in [2.75, 3.05) is 0 Å². The second-order valence-corrected chi connectivity index (χ2v) is 4.93. The molecule has 0 radical (unpaired) electrons. The highest BCUT2D eigenvalue weighted by Gasteiger charge is 2.18. The molecule has 2 heterocycles. The lowest BCUT2D eigenvalue weighted by Gasteiger charge is -2.17. The molecule has 0 aromatic carbocycles. The Balaban J connectivity index is 1.85. The van der Waals surface area contributed by atoms with E-state index in [-0.39, 0.29) is 6.04 Å². The molecule has 1 aliphatic carbocycles. The van der Waals surface area contributed by atoms with Gasteiger partial charge in [0.25, 0.3) is 0 Å². The maximum atomic E-state index is 6.13. The number of aromatic nitrogens is 3. The number of nitrogens with two attached hydrogens (primary N) is 1. The Morgan fingerprint density at radius 2 is 2.29 bits per heavy atom. The quantitative estimate of drug-likeness (QED) is 0.852. The Morgan fingerprint density at radius 1 is 1.41 bits per heavy atom. The van der Waals surface area contributed by atoms with Gasteiger partial charge in [-0.2, -0.15) is 5.10 Å². The van der Waals surface area contributed by atoms with Gasteiger partial charge in [-0.25, -0.2) is 0 Å². The van der Waals surface area contributed by atoms with Crippen molar-refractivity contribution in [3.8, 4) is 0 Å². The summed E-state index contributed by atoms with van der Waals surface area (Å²) in [5.74, 6) is 0. The van der Waals surface area contributed by atoms with Gasteiger partial charge in [0.15, 0.2) is 0 Å². The molecule has 2 aromatic rings. The maximum absolute atomic E-state index is 6.13. The number of hydrogen-bond acceptors (Lipinski definition) is 2. The van der Waals surface area contributed by atoms with Gasteiger partial charge in [-0.05, 0) is 30.4 Å². The topological polar surface area (TPSA) is 48.8 Å². The summed E-state index contributed by atoms with van der Waals surface area (Å²) in [6.45, 7) is 0.882. The molecule has 0 saturated carbocycles. The first-order valence-electron chi connectivity index (χ1n) is 6.14. The molecule has 3 rings (SSSR count). The Morgan fingerprint density at radius 3 is 3.00 bits per heavy atom. The van der Waals surface area contributed by atoms with Gasteiger partial charge in [0, 0.05) is 37.2 Å². The Bertz CT molecular complexity index is 523. The zero-order chi connectivity index (χ0) is 11.8. The Hall–Kier alpha value is -1.55. The third kappa shape index (κ3) is 2.00. The van der Waals surface area contributed by atoms with Crippen LogP contribution in [-0.2, 0) is 20.0 Å². The van der Waals surface area contributed by atoms with Crippen LogP contribution in [0, 0.1) is 0 Å². The van der Waals surface area contributed by atoms with Crippen molar-refractivity contribution < 1.29 is 0 Å². The summed E-state index contributed by atoms with van der Waals surface area (Å²) in [7, 11) is 1.94. The molecule has 2 N–H and O–H groups in total. The smallest absolute Gasteiger partial charge is 0.0539 e. The minimum absolute atomic E-state index is 0.230. The first kappa shape index (κ1) is 10.6. The fourth-order valence-corrected chi connectivity index (χ4v) is 2.64. The highest BCUT2D eigenvalue weighted by Crippen LogP contribution is 2.28. The fourth-order valence-electron chi connectivity index (χ4n) is 2.64. The summed E-state index contributed by atoms with van der Waals surface area (Å²) in [5.41, 5.74) is 10.1. The minimum Gasteiger partial charge on any atom is -0.349 e. The van der Waals surface area contributed by atoms with Crippen molar-refractivity contribution in [3.05, 3.63) is 41.5 Å². The van der Waals surface area contributed by atoms with Crippen molar-refractivity contribution in [2.24, 2.45) is 12.8 Å². The van der Waals surface area contributed by atoms with Crippen LogP contribution in [0.1, 0.15) is 35.6 Å². The monoisotopic (exact) mass is 230 g/mol. The van der Waals surface area contributed by atoms with E-state index >= 15 is 0 Å². The molecule has 4 nitrogen and oxygen atoms in total. The van der Waals surface area contributed by atoms with Crippen LogP contribution in [-0.4, -0.2) is 14.3 Å². The van der Waals surface area contributed by atoms with Gasteiger partial charge in [0.05, 0.1) is 12.7 Å². The number of aryl methyl sites for hydroxylation is 2. The molecule has 0 aliphatic heterocycles. The fraction of sp³-hybridized carbons (Fsp3) is 0.462. The average molecular weight is 230 g/mol. The Labute approximate surface area is 101 Å². The lowest BCUT2D eigenvalue weighted by Crippen LogP contribution is -2.15. The normalized spacial score (nSPS) is 19.3. The highest BCUT2D eigenvalue weighted by atomic mass is 15.2. The molecule has 2 aromatic heterocycles. The first-order valence-corrected chi connectivity index (χ1v) is 6.14. The van der Waals surface area contributed by atoms with Crippen LogP contribution < -0.4 is 5.73 Å². The van der Waals surface area contributed by atoms with Crippen molar-refractivity contribution in [2.45, 2.75) is 31.8 Å². The number of hydrogen-bond donors (Lipinski definition) is 1. The van der Waals surface area contributed by atoms with E-state index in [0.717, 1.165) is 13.0 Å². The molecule has 0 saturated heterocycles. The summed E-state index contributed by atoms with van der Waals surface area (Å²) in [6, 6.07) is 0.230. The third-order valence-electron chi connectivity index (χ3n) is 3.48. The van der Waals surface area contributed by atoms with Gasteiger partial charge in [-0.1, -0.05) is 0 Å². The van der Waals surface area contributed by atoms with Gasteiger partial charge in [-0.15, -0.1) is 0 Å². The van der Waals surface area contributed by atoms with E-state index < -0.39 is 0 Å². The van der Waals surface area contributed by atoms with Gasteiger partial charge in [0.2, 0.25) is 0 Å². The number of nitrogens with zero attached hydrogens (tertiary/aromatic N) is 3. The van der Waals surface area contributed by atoms with Gasteiger partial charge >= 0.3 is 0 Å². The average Bonchev–Trinajstić information content (AvgIpc) is 2.86. The summed E-state index contributed by atoms with van der Waals surface area (Å²) in [6.07, 6.45) is 11.9. The van der Waals surface area contributed by atoms with Crippen molar-refractivity contribution in [1.29, 1.82) is 0 Å². The van der Waals surface area contributed by atoms with Crippen LogP contribution in [0.2, 0.25) is 0 Å². The number of fused-ring (bicyclic) bond motifs is 1. The summed E-state index contributed by atoms with van der Waals surface area (Å²) >= 11 is 0. The number of rotatable bonds is 2. The molecule has 90 valence electrons. The minimum atomic E-state index is 0.230. The van der Waals surface area contributed by atoms with E-state index in [1.807, 2.05) is 17.9 Å². The van der Waals surface area contributed by atoms with Crippen LogP contribution in [0.15, 0.2) is 24.8 Å². The predicted octanol–water partition coefficient (Wildman–Crippen LogP) is 1.61. The molecule has 0 spiro atoms. The standard InChI is InChI=1S/C13H18N4/c1-16-6-10(5-15-16)7-17-8-11-3-2-4-13(14)12(11)9-17/h5-6,8-9,13H,2-4,7,14H2,1H3. The molecule has 0 amide bonds. The zero-order valence-electron chi connectivity index (χ0n) is 10.1. The third-order valence-corrected chi connectivity index (χ3v) is 3.48. The molecule has 17 heavy (non-hydrogen) atoms. The SMILES string of the molecule is Cn1cc(Cn2cc3c(c2)C(N)CCC3)cn1. The summed E-state index contributed by atoms with van der Waals surface area (Å²) < 4.78 is 4.07. The van der Waals surface area contributed by atoms with E-state index in [4.69, 9.17) is 5.73 Å². The summed E-state index contributed by atoms with van der Waals surface area (Å²) in [5, 5.41) is 4.19. The zero-order valence-corrected chi connectivity index (χ0v) is 10.1. The second-order valence-electron chi connectivity index (χ2n) is 4.93. The molecule has 1 atom stereocenters. The van der Waals surface area contributed by atoms with E-state index in [9.17, 15) is 0 Å². The van der Waals surface area contributed by atoms with E-state index in [1.54, 1.807) is 0 Å². The maximum Gasteiger partial charge on any atom is 0.0539 e. The van der Waals surface area contributed by atoms with Crippen LogP contribution in [0.5, 0.6) is 0 Å². The van der Waals surface area contributed by atoms with Crippen LogP contribution >= 0.6 is 0 Å². The summed E-state index contributed by atoms with van der Waals surface area (Å²) in [4.78, 5) is 0. The van der Waals surface area contributed by atoms with Crippen LogP contribution in [0.25, 0.3) is 0 Å². The van der Waals surface area contributed by atoms with E-state index in [2.05, 4.69) is 28.3 Å². The second kappa shape index (κ2) is 4.04. The molecule has 4 heteroatoms. The van der Waals surface area contributed by atoms with Gasteiger partial charge < -0.3 is 10.3 Å². The van der Waals surface area contributed by atoms with E-state index in [1.165, 1.54) is 29.5 Å². The first-order chi connectivity index (χ1) is 8.22. The Kier molecular flexibility index (Phi) is 2.52. The molecule has 1 aliphatic rings. The van der Waals surface area contributed by atoms with Crippen molar-refractivity contribution in [3.63, 3.8) is 0 Å². The predicted molar refractivity (Wildman–Crippen MR) is 66.6 cm³/mol. The lowest BCUT2D eigenvalue weighted by atomic mass is 9.92. The molecule has 1 unspecified atom stereocenters. The van der Waals surface area contributed by atoms with Gasteiger partial charge in [-0.3, -0.25) is 4.68 Å². The molecular weight excluding hydrogens is 212 g/mol. The van der Waals surface area contributed by atoms with Crippen LogP contribution in [0.4, 0.5) is 0 Å². The van der Waals surface area contributed by atoms with Crippen LogP contribution in [0.3, 0.4) is 0 Å². The van der Waals surface area contributed by atoms with Gasteiger partial charge in [0.1, 0.15) is 0 Å². The lowest BCUT2D eigenvalue weighted by molar-refractivity contribution is 0.573. The van der Waals surface area contributed by atoms with Crippen molar-refractivity contribution >= 4 is 0 Å². The largest absolute Gasteiger partial charge is 0.349 e. The molecule has 0 fully saturated rings. The van der Waals surface area contributed by atoms with Crippen molar-refractivity contribution in [1.82, 2.24) is 14.3 Å². The van der Waals surface area contributed by atoms with E-state index in [0.29, 0.717) is 0 Å².